The van der Waals surface area contributed by atoms with Crippen molar-refractivity contribution in [3.05, 3.63) is 40.1 Å². The molecule has 0 aliphatic carbocycles. The van der Waals surface area contributed by atoms with Crippen LogP contribution in [0.4, 0.5) is 0 Å². The molecule has 0 spiro atoms. The third kappa shape index (κ3) is 3.07. The van der Waals surface area contributed by atoms with Gasteiger partial charge in [0.2, 0.25) is 4.80 Å². The van der Waals surface area contributed by atoms with Crippen molar-refractivity contribution in [2.75, 3.05) is 6.54 Å². The zero-order valence-corrected chi connectivity index (χ0v) is 11.8. The zero-order valence-electron chi connectivity index (χ0n) is 11.0. The highest BCUT2D eigenvalue weighted by atomic mass is 32.1. The molecule has 0 aliphatic heterocycles. The molecular formula is C14H19N3S. The fourth-order valence-corrected chi connectivity index (χ4v) is 2.73. The lowest BCUT2D eigenvalue weighted by Crippen LogP contribution is -2.14. The van der Waals surface area contributed by atoms with Crippen LogP contribution < -0.4 is 4.80 Å². The predicted molar refractivity (Wildman–Crippen MR) is 76.2 cm³/mol. The minimum Gasteiger partial charge on any atom is -0.258 e. The van der Waals surface area contributed by atoms with Crippen molar-refractivity contribution >= 4 is 11.3 Å². The van der Waals surface area contributed by atoms with Gasteiger partial charge < -0.3 is 0 Å². The van der Waals surface area contributed by atoms with Crippen LogP contribution in [0.3, 0.4) is 0 Å². The van der Waals surface area contributed by atoms with Crippen LogP contribution in [0.1, 0.15) is 31.7 Å². The van der Waals surface area contributed by atoms with Gasteiger partial charge in [0.15, 0.2) is 0 Å². The summed E-state index contributed by atoms with van der Waals surface area (Å²) in [7, 11) is 0. The molecule has 1 aromatic heterocycles. The van der Waals surface area contributed by atoms with E-state index in [1.54, 1.807) is 11.3 Å². The summed E-state index contributed by atoms with van der Waals surface area (Å²) in [5, 5.41) is 5.85. The summed E-state index contributed by atoms with van der Waals surface area (Å²) >= 11 is 1.70. The molecule has 0 aliphatic rings. The highest BCUT2D eigenvalue weighted by Gasteiger charge is 2.05. The number of hydrogen-bond acceptors (Lipinski definition) is 3. The summed E-state index contributed by atoms with van der Waals surface area (Å²) in [5.41, 5.74) is 1.09. The van der Waals surface area contributed by atoms with Crippen LogP contribution in [0.15, 0.2) is 35.3 Å². The van der Waals surface area contributed by atoms with Crippen LogP contribution in [-0.4, -0.2) is 16.3 Å². The van der Waals surface area contributed by atoms with Crippen LogP contribution in [0.5, 0.6) is 0 Å². The SMILES string of the molecule is CCCCc1nn(-c2ccccc2)c(=NCC)s1. The number of rotatable bonds is 5. The standard InChI is InChI=1S/C14H19N3S/c1-3-5-11-13-16-17(14(18-13)15-4-2)12-9-7-6-8-10-12/h6-10H,3-5,11H2,1-2H3. The molecule has 0 amide bonds. The summed E-state index contributed by atoms with van der Waals surface area (Å²) in [4.78, 5) is 5.53. The van der Waals surface area contributed by atoms with Gasteiger partial charge in [-0.3, -0.25) is 4.99 Å². The lowest BCUT2D eigenvalue weighted by molar-refractivity contribution is 0.743. The van der Waals surface area contributed by atoms with Crippen LogP contribution in [0.2, 0.25) is 0 Å². The van der Waals surface area contributed by atoms with Crippen molar-refractivity contribution in [1.82, 2.24) is 9.78 Å². The quantitative estimate of drug-likeness (QED) is 0.813. The van der Waals surface area contributed by atoms with E-state index in [0.717, 1.165) is 23.5 Å². The number of hydrogen-bond donors (Lipinski definition) is 0. The Morgan fingerprint density at radius 3 is 2.67 bits per heavy atom. The van der Waals surface area contributed by atoms with Crippen molar-refractivity contribution in [2.24, 2.45) is 4.99 Å². The lowest BCUT2D eigenvalue weighted by Gasteiger charge is -1.99. The molecule has 0 fully saturated rings. The Morgan fingerprint density at radius 2 is 2.00 bits per heavy atom. The van der Waals surface area contributed by atoms with Crippen molar-refractivity contribution in [3.8, 4) is 5.69 Å². The van der Waals surface area contributed by atoms with Crippen molar-refractivity contribution in [3.63, 3.8) is 0 Å². The first-order chi connectivity index (χ1) is 8.85. The van der Waals surface area contributed by atoms with Gasteiger partial charge in [-0.15, -0.1) is 0 Å². The molecule has 0 bridgehead atoms. The molecule has 2 rings (SSSR count). The second kappa shape index (κ2) is 6.50. The van der Waals surface area contributed by atoms with E-state index >= 15 is 0 Å². The second-order valence-electron chi connectivity index (χ2n) is 4.10. The Labute approximate surface area is 112 Å². The van der Waals surface area contributed by atoms with Gasteiger partial charge in [-0.25, -0.2) is 4.68 Å². The molecule has 18 heavy (non-hydrogen) atoms. The Hall–Kier alpha value is -1.42. The summed E-state index contributed by atoms with van der Waals surface area (Å²) in [6, 6.07) is 10.2. The number of aromatic nitrogens is 2. The van der Waals surface area contributed by atoms with E-state index in [1.165, 1.54) is 17.8 Å². The highest BCUT2D eigenvalue weighted by Crippen LogP contribution is 2.09. The molecule has 0 N–H and O–H groups in total. The zero-order chi connectivity index (χ0) is 12.8. The largest absolute Gasteiger partial charge is 0.258 e. The summed E-state index contributed by atoms with van der Waals surface area (Å²) < 4.78 is 1.96. The number of para-hydroxylation sites is 1. The Bertz CT molecular complexity index is 540. The predicted octanol–water partition coefficient (Wildman–Crippen LogP) is 3.20. The van der Waals surface area contributed by atoms with E-state index in [1.807, 2.05) is 22.9 Å². The Kier molecular flexibility index (Phi) is 4.70. The first-order valence-electron chi connectivity index (χ1n) is 6.50. The third-order valence-electron chi connectivity index (χ3n) is 2.64. The minimum absolute atomic E-state index is 0.794. The fraction of sp³-hybridized carbons (Fsp3) is 0.429. The minimum atomic E-state index is 0.794. The van der Waals surface area contributed by atoms with E-state index in [9.17, 15) is 0 Å². The first kappa shape index (κ1) is 13.0. The molecule has 1 aromatic carbocycles. The van der Waals surface area contributed by atoms with E-state index < -0.39 is 0 Å². The van der Waals surface area contributed by atoms with Gasteiger partial charge >= 0.3 is 0 Å². The van der Waals surface area contributed by atoms with Gasteiger partial charge in [0.05, 0.1) is 5.69 Å². The van der Waals surface area contributed by atoms with Crippen molar-refractivity contribution in [2.45, 2.75) is 33.1 Å². The topological polar surface area (TPSA) is 30.2 Å². The molecule has 0 saturated carbocycles. The molecule has 2 aromatic rings. The summed E-state index contributed by atoms with van der Waals surface area (Å²) in [6.45, 7) is 5.05. The summed E-state index contributed by atoms with van der Waals surface area (Å²) in [5.74, 6) is 0. The molecule has 0 radical (unpaired) electrons. The summed E-state index contributed by atoms with van der Waals surface area (Å²) in [6.07, 6.45) is 3.44. The number of aryl methyl sites for hydroxylation is 1. The van der Waals surface area contributed by atoms with E-state index in [-0.39, 0.29) is 0 Å². The lowest BCUT2D eigenvalue weighted by atomic mass is 10.3. The molecule has 96 valence electrons. The molecule has 0 atom stereocenters. The maximum Gasteiger partial charge on any atom is 0.207 e. The first-order valence-corrected chi connectivity index (χ1v) is 7.31. The van der Waals surface area contributed by atoms with Gasteiger partial charge in [0, 0.05) is 13.0 Å². The molecule has 1 heterocycles. The normalized spacial score (nSPS) is 12.0. The van der Waals surface area contributed by atoms with Gasteiger partial charge in [-0.1, -0.05) is 42.9 Å². The highest BCUT2D eigenvalue weighted by molar-refractivity contribution is 7.08. The van der Waals surface area contributed by atoms with E-state index in [2.05, 4.69) is 36.1 Å². The molecule has 3 nitrogen and oxygen atoms in total. The third-order valence-corrected chi connectivity index (χ3v) is 3.65. The van der Waals surface area contributed by atoms with E-state index in [4.69, 9.17) is 0 Å². The average molecular weight is 261 g/mol. The molecular weight excluding hydrogens is 242 g/mol. The van der Waals surface area contributed by atoms with Gasteiger partial charge in [0.1, 0.15) is 5.01 Å². The number of nitrogens with zero attached hydrogens (tertiary/aromatic N) is 3. The maximum absolute atomic E-state index is 4.68. The molecule has 0 unspecified atom stereocenters. The van der Waals surface area contributed by atoms with Gasteiger partial charge in [-0.05, 0) is 25.5 Å². The molecule has 0 saturated heterocycles. The van der Waals surface area contributed by atoms with Gasteiger partial charge in [-0.2, -0.15) is 5.10 Å². The fourth-order valence-electron chi connectivity index (χ4n) is 1.72. The maximum atomic E-state index is 4.68. The van der Waals surface area contributed by atoms with Crippen molar-refractivity contribution in [1.29, 1.82) is 0 Å². The van der Waals surface area contributed by atoms with Crippen LogP contribution in [0, 0.1) is 0 Å². The number of benzene rings is 1. The monoisotopic (exact) mass is 261 g/mol. The van der Waals surface area contributed by atoms with Crippen molar-refractivity contribution < 1.29 is 0 Å². The molecule has 4 heteroatoms. The second-order valence-corrected chi connectivity index (χ2v) is 5.14. The smallest absolute Gasteiger partial charge is 0.207 e. The van der Waals surface area contributed by atoms with Crippen LogP contribution in [0.25, 0.3) is 5.69 Å². The van der Waals surface area contributed by atoms with Crippen LogP contribution >= 0.6 is 11.3 Å². The Balaban J connectivity index is 2.39. The van der Waals surface area contributed by atoms with Gasteiger partial charge in [0.25, 0.3) is 0 Å². The average Bonchev–Trinajstić information content (AvgIpc) is 2.81. The Morgan fingerprint density at radius 1 is 1.22 bits per heavy atom. The van der Waals surface area contributed by atoms with Crippen LogP contribution in [-0.2, 0) is 6.42 Å². The number of unbranched alkanes of at least 4 members (excludes halogenated alkanes) is 1. The van der Waals surface area contributed by atoms with E-state index in [0.29, 0.717) is 0 Å².